The van der Waals surface area contributed by atoms with Gasteiger partial charge >= 0.3 is 0 Å². The van der Waals surface area contributed by atoms with Crippen LogP contribution in [0, 0.1) is 5.92 Å². The minimum absolute atomic E-state index is 0.143. The predicted molar refractivity (Wildman–Crippen MR) is 88.4 cm³/mol. The highest BCUT2D eigenvalue weighted by Crippen LogP contribution is 2.35. The van der Waals surface area contributed by atoms with Gasteiger partial charge in [0.2, 0.25) is 0 Å². The molecule has 23 heavy (non-hydrogen) atoms. The van der Waals surface area contributed by atoms with Crippen LogP contribution < -0.4 is 0 Å². The van der Waals surface area contributed by atoms with Crippen molar-refractivity contribution in [2.75, 3.05) is 6.54 Å². The second kappa shape index (κ2) is 6.66. The summed E-state index contributed by atoms with van der Waals surface area (Å²) < 4.78 is 5.53. The van der Waals surface area contributed by atoms with Crippen molar-refractivity contribution in [3.05, 3.63) is 17.0 Å². The Morgan fingerprint density at radius 1 is 0.957 bits per heavy atom. The minimum atomic E-state index is 0.143. The standard InChI is InChI=1S/C19H28N2O2/c22-19(18-15-10-5-2-6-12-17(15)23-20-18)21-13-7-11-16(21)14-8-3-1-4-9-14/h14,16H,1-13H2/t16-/m0/s1. The highest BCUT2D eigenvalue weighted by atomic mass is 16.5. The number of carbonyl (C=O) groups is 1. The summed E-state index contributed by atoms with van der Waals surface area (Å²) in [7, 11) is 0. The summed E-state index contributed by atoms with van der Waals surface area (Å²) in [6.07, 6.45) is 14.4. The van der Waals surface area contributed by atoms with Gasteiger partial charge in [0.25, 0.3) is 5.91 Å². The van der Waals surface area contributed by atoms with E-state index in [1.165, 1.54) is 44.9 Å². The maximum Gasteiger partial charge on any atom is 0.276 e. The van der Waals surface area contributed by atoms with Crippen LogP contribution in [0.3, 0.4) is 0 Å². The lowest BCUT2D eigenvalue weighted by molar-refractivity contribution is 0.0650. The van der Waals surface area contributed by atoms with Crippen LogP contribution in [0.1, 0.15) is 86.0 Å². The van der Waals surface area contributed by atoms with Gasteiger partial charge < -0.3 is 9.42 Å². The fourth-order valence-electron chi connectivity index (χ4n) is 4.92. The number of hydrogen-bond acceptors (Lipinski definition) is 3. The van der Waals surface area contributed by atoms with Gasteiger partial charge in [-0.2, -0.15) is 0 Å². The second-order valence-corrected chi connectivity index (χ2v) is 7.60. The molecule has 2 aliphatic carbocycles. The molecule has 2 heterocycles. The van der Waals surface area contributed by atoms with E-state index in [1.807, 2.05) is 0 Å². The molecule has 0 radical (unpaired) electrons. The second-order valence-electron chi connectivity index (χ2n) is 7.60. The van der Waals surface area contributed by atoms with Gasteiger partial charge in [-0.25, -0.2) is 0 Å². The Hall–Kier alpha value is -1.32. The Labute approximate surface area is 138 Å². The average molecular weight is 316 g/mol. The van der Waals surface area contributed by atoms with Gasteiger partial charge in [0.05, 0.1) is 0 Å². The van der Waals surface area contributed by atoms with Crippen molar-refractivity contribution in [1.29, 1.82) is 0 Å². The number of aromatic nitrogens is 1. The van der Waals surface area contributed by atoms with Crippen LogP contribution >= 0.6 is 0 Å². The first kappa shape index (κ1) is 15.2. The molecule has 126 valence electrons. The van der Waals surface area contributed by atoms with E-state index in [0.29, 0.717) is 17.7 Å². The number of hydrogen-bond donors (Lipinski definition) is 0. The Kier molecular flexibility index (Phi) is 4.41. The van der Waals surface area contributed by atoms with Crippen LogP contribution in [0.5, 0.6) is 0 Å². The van der Waals surface area contributed by atoms with Crippen molar-refractivity contribution in [3.63, 3.8) is 0 Å². The molecule has 1 aromatic rings. The quantitative estimate of drug-likeness (QED) is 0.771. The molecule has 1 amide bonds. The van der Waals surface area contributed by atoms with Crippen LogP contribution in [0.4, 0.5) is 0 Å². The molecule has 0 spiro atoms. The van der Waals surface area contributed by atoms with Gasteiger partial charge in [0, 0.05) is 24.6 Å². The van der Waals surface area contributed by atoms with Crippen molar-refractivity contribution in [2.24, 2.45) is 5.92 Å². The van der Waals surface area contributed by atoms with E-state index < -0.39 is 0 Å². The van der Waals surface area contributed by atoms with Crippen molar-refractivity contribution >= 4 is 5.91 Å². The normalized spacial score (nSPS) is 26.1. The first-order chi connectivity index (χ1) is 11.3. The fourth-order valence-corrected chi connectivity index (χ4v) is 4.92. The third-order valence-corrected chi connectivity index (χ3v) is 6.16. The van der Waals surface area contributed by atoms with Gasteiger partial charge in [0.1, 0.15) is 5.76 Å². The molecule has 1 aromatic heterocycles. The lowest BCUT2D eigenvalue weighted by Gasteiger charge is -2.33. The highest BCUT2D eigenvalue weighted by Gasteiger charge is 2.37. The van der Waals surface area contributed by atoms with Gasteiger partial charge in [-0.3, -0.25) is 4.79 Å². The van der Waals surface area contributed by atoms with Crippen LogP contribution in [0.25, 0.3) is 0 Å². The first-order valence-corrected chi connectivity index (χ1v) is 9.63. The molecule has 0 aromatic carbocycles. The third kappa shape index (κ3) is 2.92. The fraction of sp³-hybridized carbons (Fsp3) is 0.789. The van der Waals surface area contributed by atoms with Gasteiger partial charge in [-0.05, 0) is 50.9 Å². The van der Waals surface area contributed by atoms with Gasteiger partial charge in [-0.1, -0.05) is 30.8 Å². The highest BCUT2D eigenvalue weighted by molar-refractivity contribution is 5.94. The Balaban J connectivity index is 1.55. The molecular weight excluding hydrogens is 288 g/mol. The largest absolute Gasteiger partial charge is 0.360 e. The number of carbonyl (C=O) groups excluding carboxylic acids is 1. The summed E-state index contributed by atoms with van der Waals surface area (Å²) in [5.74, 6) is 1.82. The molecular formula is C19H28N2O2. The molecule has 0 bridgehead atoms. The topological polar surface area (TPSA) is 46.3 Å². The summed E-state index contributed by atoms with van der Waals surface area (Å²) in [5.41, 5.74) is 1.74. The van der Waals surface area contributed by atoms with Crippen molar-refractivity contribution in [2.45, 2.75) is 83.1 Å². The summed E-state index contributed by atoms with van der Waals surface area (Å²) >= 11 is 0. The Bertz CT molecular complexity index is 560. The minimum Gasteiger partial charge on any atom is -0.360 e. The van der Waals surface area contributed by atoms with Crippen molar-refractivity contribution in [1.82, 2.24) is 10.1 Å². The van der Waals surface area contributed by atoms with Crippen LogP contribution in [0.15, 0.2) is 4.52 Å². The number of nitrogens with zero attached hydrogens (tertiary/aromatic N) is 2. The van der Waals surface area contributed by atoms with Crippen LogP contribution in [-0.4, -0.2) is 28.6 Å². The summed E-state index contributed by atoms with van der Waals surface area (Å²) in [6, 6.07) is 0.445. The number of fused-ring (bicyclic) bond motifs is 1. The van der Waals surface area contributed by atoms with Crippen LogP contribution in [-0.2, 0) is 12.8 Å². The van der Waals surface area contributed by atoms with Crippen molar-refractivity contribution in [3.8, 4) is 0 Å². The zero-order valence-electron chi connectivity index (χ0n) is 14.1. The zero-order chi connectivity index (χ0) is 15.6. The van der Waals surface area contributed by atoms with Crippen molar-refractivity contribution < 1.29 is 9.32 Å². The first-order valence-electron chi connectivity index (χ1n) is 9.63. The molecule has 1 saturated heterocycles. The molecule has 4 heteroatoms. The molecule has 0 unspecified atom stereocenters. The number of aryl methyl sites for hydroxylation is 1. The van der Waals surface area contributed by atoms with E-state index in [4.69, 9.17) is 4.52 Å². The van der Waals surface area contributed by atoms with E-state index in [1.54, 1.807) is 0 Å². The monoisotopic (exact) mass is 316 g/mol. The van der Waals surface area contributed by atoms with E-state index in [-0.39, 0.29) is 5.91 Å². The smallest absolute Gasteiger partial charge is 0.276 e. The lowest BCUT2D eigenvalue weighted by Crippen LogP contribution is -2.41. The SMILES string of the molecule is O=C(c1noc2c1CCCCC2)N1CCC[C@H]1C1CCCCC1. The molecule has 1 saturated carbocycles. The predicted octanol–water partition coefficient (Wildman–Crippen LogP) is 4.13. The molecule has 2 fully saturated rings. The third-order valence-electron chi connectivity index (χ3n) is 6.16. The van der Waals surface area contributed by atoms with E-state index in [9.17, 15) is 4.79 Å². The van der Waals surface area contributed by atoms with Gasteiger partial charge in [0.15, 0.2) is 5.69 Å². The maximum absolute atomic E-state index is 13.1. The number of likely N-dealkylation sites (tertiary alicyclic amines) is 1. The molecule has 4 rings (SSSR count). The molecule has 0 N–H and O–H groups in total. The summed E-state index contributed by atoms with van der Waals surface area (Å²) in [6.45, 7) is 0.904. The number of amides is 1. The zero-order valence-corrected chi connectivity index (χ0v) is 14.1. The molecule has 1 atom stereocenters. The average Bonchev–Trinajstić information content (AvgIpc) is 3.17. The summed E-state index contributed by atoms with van der Waals surface area (Å²) in [5, 5.41) is 4.20. The lowest BCUT2D eigenvalue weighted by atomic mass is 9.83. The molecule has 4 nitrogen and oxygen atoms in total. The summed E-state index contributed by atoms with van der Waals surface area (Å²) in [4.78, 5) is 15.3. The maximum atomic E-state index is 13.1. The Morgan fingerprint density at radius 2 is 1.74 bits per heavy atom. The Morgan fingerprint density at radius 3 is 2.61 bits per heavy atom. The molecule has 1 aliphatic heterocycles. The number of rotatable bonds is 2. The molecule has 3 aliphatic rings. The van der Waals surface area contributed by atoms with E-state index in [2.05, 4.69) is 10.1 Å². The van der Waals surface area contributed by atoms with E-state index >= 15 is 0 Å². The van der Waals surface area contributed by atoms with E-state index in [0.717, 1.165) is 50.0 Å². The van der Waals surface area contributed by atoms with Crippen LogP contribution in [0.2, 0.25) is 0 Å². The van der Waals surface area contributed by atoms with Gasteiger partial charge in [-0.15, -0.1) is 0 Å².